The number of rotatable bonds is 79. The van der Waals surface area contributed by atoms with Gasteiger partial charge in [-0.3, -0.25) is 37.3 Å². The Bertz CT molecular complexity index is 1970. The van der Waals surface area contributed by atoms with Crippen molar-refractivity contribution < 1.29 is 80.2 Å². The summed E-state index contributed by atoms with van der Waals surface area (Å²) in [7, 11) is -9.92. The van der Waals surface area contributed by atoms with Crippen LogP contribution in [0.2, 0.25) is 0 Å². The van der Waals surface area contributed by atoms with Crippen molar-refractivity contribution in [2.75, 3.05) is 39.6 Å². The molecular weight excluding hydrogens is 1320 g/mol. The maximum atomic E-state index is 13.1. The van der Waals surface area contributed by atoms with Gasteiger partial charge in [-0.05, 0) is 49.4 Å². The molecule has 0 aromatic heterocycles. The van der Waals surface area contributed by atoms with Crippen molar-refractivity contribution in [2.45, 2.75) is 440 Å². The molecule has 0 fully saturated rings. The summed E-state index contributed by atoms with van der Waals surface area (Å²) in [6.45, 7) is 14.2. The third kappa shape index (κ3) is 76.1. The van der Waals surface area contributed by atoms with Crippen LogP contribution in [-0.4, -0.2) is 96.7 Å². The SMILES string of the molecule is CC(C)CCCCCCCCCCCCCCCCCC(=O)O[C@H](COC(=O)CCCCCCCCCCCCCCCC(C)C)COP(=O)(O)OCC(O)COP(=O)(O)OC[C@@H](COC(=O)CCCCCCCCC(C)C)OC(=O)CCCCCCCCCCCCCCCCCC(C)C. The van der Waals surface area contributed by atoms with E-state index in [0.29, 0.717) is 31.6 Å². The molecule has 0 aliphatic carbocycles. The summed E-state index contributed by atoms with van der Waals surface area (Å²) in [5.41, 5.74) is 0. The first-order valence-electron chi connectivity index (χ1n) is 42.2. The largest absolute Gasteiger partial charge is 0.472 e. The minimum atomic E-state index is -4.96. The van der Waals surface area contributed by atoms with Crippen molar-refractivity contribution >= 4 is 39.5 Å². The van der Waals surface area contributed by atoms with Crippen molar-refractivity contribution in [3.8, 4) is 0 Å². The molecule has 0 amide bonds. The lowest BCUT2D eigenvalue weighted by Gasteiger charge is -2.21. The van der Waals surface area contributed by atoms with E-state index in [-0.39, 0.29) is 25.7 Å². The number of unbranched alkanes of at least 4 members (excludes halogenated alkanes) is 45. The van der Waals surface area contributed by atoms with Crippen LogP contribution in [-0.2, 0) is 65.4 Å². The fourth-order valence-corrected chi connectivity index (χ4v) is 14.2. The first-order chi connectivity index (χ1) is 48.6. The Morgan fingerprint density at radius 3 is 0.614 bits per heavy atom. The summed E-state index contributed by atoms with van der Waals surface area (Å²) in [6.07, 6.45) is 58.4. The van der Waals surface area contributed by atoms with E-state index in [2.05, 4.69) is 55.4 Å². The number of phosphoric acid groups is 2. The number of hydrogen-bond acceptors (Lipinski definition) is 15. The molecular formula is C82H160O17P2. The van der Waals surface area contributed by atoms with Crippen molar-refractivity contribution in [3.63, 3.8) is 0 Å². The molecule has 5 atom stereocenters. The van der Waals surface area contributed by atoms with Crippen molar-refractivity contribution in [2.24, 2.45) is 23.7 Å². The standard InChI is InChI=1S/C82H160O17P2/c1-72(2)58-50-42-34-28-22-16-11-9-13-19-26-32-38-48-56-64-81(86)98-77(68-92-79(84)62-54-46-37-31-25-21-15-18-24-30-36-44-52-60-74(5)6)70-96-100(88,89)94-66-76(83)67-95-101(90,91)97-71-78(69-93-80(85)63-55-47-41-40-45-53-61-75(7)8)99-82(87)65-57-49-39-33-27-20-14-10-12-17-23-29-35-43-51-59-73(3)4/h72-78,83H,9-71H2,1-8H3,(H,88,89)(H,90,91)/t76?,77-,78-/m1/s1. The number of hydrogen-bond donors (Lipinski definition) is 3. The maximum Gasteiger partial charge on any atom is 0.472 e. The molecule has 3 N–H and O–H groups in total. The highest BCUT2D eigenvalue weighted by atomic mass is 31.2. The molecule has 0 spiro atoms. The summed E-state index contributed by atoms with van der Waals surface area (Å²) in [6, 6.07) is 0. The zero-order valence-corrected chi connectivity index (χ0v) is 68.3. The van der Waals surface area contributed by atoms with E-state index in [1.54, 1.807) is 0 Å². The van der Waals surface area contributed by atoms with Gasteiger partial charge < -0.3 is 33.8 Å². The highest BCUT2D eigenvalue weighted by Crippen LogP contribution is 2.45. The first-order valence-corrected chi connectivity index (χ1v) is 45.2. The van der Waals surface area contributed by atoms with Gasteiger partial charge in [0.25, 0.3) is 0 Å². The van der Waals surface area contributed by atoms with Crippen molar-refractivity contribution in [3.05, 3.63) is 0 Å². The van der Waals surface area contributed by atoms with Gasteiger partial charge >= 0.3 is 39.5 Å². The molecule has 0 rings (SSSR count). The predicted molar refractivity (Wildman–Crippen MR) is 414 cm³/mol. The molecule has 0 aliphatic rings. The molecule has 0 heterocycles. The predicted octanol–water partition coefficient (Wildman–Crippen LogP) is 24.4. The van der Waals surface area contributed by atoms with E-state index in [1.165, 1.54) is 218 Å². The van der Waals surface area contributed by atoms with Gasteiger partial charge in [0.05, 0.1) is 26.4 Å². The third-order valence-corrected chi connectivity index (χ3v) is 21.0. The van der Waals surface area contributed by atoms with Gasteiger partial charge in [-0.2, -0.15) is 0 Å². The van der Waals surface area contributed by atoms with Gasteiger partial charge in [-0.1, -0.05) is 370 Å². The molecule has 0 aliphatic heterocycles. The number of carbonyl (C=O) groups excluding carboxylic acids is 4. The maximum absolute atomic E-state index is 13.1. The highest BCUT2D eigenvalue weighted by molar-refractivity contribution is 7.47. The molecule has 0 radical (unpaired) electrons. The third-order valence-electron chi connectivity index (χ3n) is 19.1. The number of aliphatic hydroxyl groups is 1. The van der Waals surface area contributed by atoms with E-state index >= 15 is 0 Å². The van der Waals surface area contributed by atoms with E-state index in [0.717, 1.165) is 114 Å². The smallest absolute Gasteiger partial charge is 0.462 e. The van der Waals surface area contributed by atoms with E-state index < -0.39 is 97.5 Å². The normalized spacial score (nSPS) is 14.0. The van der Waals surface area contributed by atoms with Crippen molar-refractivity contribution in [1.82, 2.24) is 0 Å². The quantitative estimate of drug-likeness (QED) is 0.0222. The van der Waals surface area contributed by atoms with Crippen LogP contribution in [0.5, 0.6) is 0 Å². The molecule has 0 bridgehead atoms. The van der Waals surface area contributed by atoms with E-state index in [1.807, 2.05) is 0 Å². The van der Waals surface area contributed by atoms with Gasteiger partial charge in [0.1, 0.15) is 19.3 Å². The summed E-state index contributed by atoms with van der Waals surface area (Å²) in [5, 5.41) is 10.6. The van der Waals surface area contributed by atoms with Crippen LogP contribution in [0.25, 0.3) is 0 Å². The van der Waals surface area contributed by atoms with Crippen LogP contribution in [0.4, 0.5) is 0 Å². The molecule has 101 heavy (non-hydrogen) atoms. The molecule has 600 valence electrons. The van der Waals surface area contributed by atoms with Gasteiger partial charge in [-0.15, -0.1) is 0 Å². The lowest BCUT2D eigenvalue weighted by atomic mass is 10.0. The Balaban J connectivity index is 5.22. The molecule has 0 aromatic rings. The second-order valence-electron chi connectivity index (χ2n) is 31.4. The lowest BCUT2D eigenvalue weighted by Crippen LogP contribution is -2.30. The molecule has 3 unspecified atom stereocenters. The van der Waals surface area contributed by atoms with Crippen LogP contribution in [0.15, 0.2) is 0 Å². The highest BCUT2D eigenvalue weighted by Gasteiger charge is 2.30. The summed E-state index contributed by atoms with van der Waals surface area (Å²) in [4.78, 5) is 73.0. The second kappa shape index (κ2) is 71.0. The molecule has 0 aromatic carbocycles. The van der Waals surface area contributed by atoms with Gasteiger partial charge in [0, 0.05) is 25.7 Å². The average molecular weight is 1480 g/mol. The Kier molecular flexibility index (Phi) is 69.6. The van der Waals surface area contributed by atoms with Crippen LogP contribution in [0.3, 0.4) is 0 Å². The summed E-state index contributed by atoms with van der Waals surface area (Å²) < 4.78 is 68.7. The molecule has 19 heteroatoms. The lowest BCUT2D eigenvalue weighted by molar-refractivity contribution is -0.161. The monoisotopic (exact) mass is 1480 g/mol. The van der Waals surface area contributed by atoms with Crippen molar-refractivity contribution in [1.29, 1.82) is 0 Å². The van der Waals surface area contributed by atoms with Crippen LogP contribution >= 0.6 is 15.6 Å². The van der Waals surface area contributed by atoms with Gasteiger partial charge in [0.15, 0.2) is 12.2 Å². The molecule has 0 saturated heterocycles. The number of carbonyl (C=O) groups is 4. The Morgan fingerprint density at radius 2 is 0.416 bits per heavy atom. The zero-order chi connectivity index (χ0) is 74.6. The zero-order valence-electron chi connectivity index (χ0n) is 66.5. The molecule has 17 nitrogen and oxygen atoms in total. The van der Waals surface area contributed by atoms with Gasteiger partial charge in [0.2, 0.25) is 0 Å². The number of phosphoric ester groups is 2. The number of esters is 4. The van der Waals surface area contributed by atoms with Gasteiger partial charge in [-0.25, -0.2) is 9.13 Å². The van der Waals surface area contributed by atoms with E-state index in [9.17, 15) is 43.2 Å². The van der Waals surface area contributed by atoms with Crippen LogP contribution < -0.4 is 0 Å². The fourth-order valence-electron chi connectivity index (χ4n) is 12.6. The average Bonchev–Trinajstić information content (AvgIpc) is 0.983. The minimum Gasteiger partial charge on any atom is -0.462 e. The van der Waals surface area contributed by atoms with E-state index in [4.69, 9.17) is 37.0 Å². The number of aliphatic hydroxyl groups excluding tert-OH is 1. The summed E-state index contributed by atoms with van der Waals surface area (Å²) >= 11 is 0. The molecule has 0 saturated carbocycles. The fraction of sp³-hybridized carbons (Fsp3) is 0.951. The summed E-state index contributed by atoms with van der Waals surface area (Å²) in [5.74, 6) is 0.962. The minimum absolute atomic E-state index is 0.106. The number of ether oxygens (including phenoxy) is 4. The Hall–Kier alpha value is -1.94. The first kappa shape index (κ1) is 99.1. The van der Waals surface area contributed by atoms with Crippen LogP contribution in [0, 0.1) is 23.7 Å². The second-order valence-corrected chi connectivity index (χ2v) is 34.3. The van der Waals surface area contributed by atoms with Crippen LogP contribution in [0.1, 0.15) is 421 Å². The Morgan fingerprint density at radius 1 is 0.248 bits per heavy atom. The topological polar surface area (TPSA) is 237 Å². The Labute approximate surface area is 619 Å².